The maximum Gasteiger partial charge on any atom is -0.00878 e. The average molecular weight is 274 g/mol. The number of fused-ring (bicyclic) bond motifs is 2. The Balaban J connectivity index is 2.38. The van der Waals surface area contributed by atoms with Crippen LogP contribution in [0.15, 0.2) is 61.2 Å². The third-order valence-electron chi connectivity index (χ3n) is 4.19. The van der Waals surface area contributed by atoms with Gasteiger partial charge >= 0.3 is 0 Å². The molecule has 106 valence electrons. The molecule has 0 aliphatic rings. The summed E-state index contributed by atoms with van der Waals surface area (Å²) in [4.78, 5) is 0. The molecule has 3 rings (SSSR count). The maximum atomic E-state index is 3.93. The van der Waals surface area contributed by atoms with Crippen molar-refractivity contribution in [2.45, 2.75) is 32.6 Å². The second-order valence-corrected chi connectivity index (χ2v) is 6.75. The van der Waals surface area contributed by atoms with E-state index < -0.39 is 0 Å². The molecule has 21 heavy (non-hydrogen) atoms. The maximum absolute atomic E-state index is 3.93. The minimum Gasteiger partial charge on any atom is -0.103 e. The van der Waals surface area contributed by atoms with Crippen molar-refractivity contribution >= 4 is 21.5 Å². The van der Waals surface area contributed by atoms with Crippen LogP contribution in [-0.2, 0) is 11.8 Å². The first-order valence-electron chi connectivity index (χ1n) is 7.56. The van der Waals surface area contributed by atoms with Gasteiger partial charge in [-0.05, 0) is 50.6 Å². The molecule has 0 radical (unpaired) electrons. The van der Waals surface area contributed by atoms with Gasteiger partial charge in [-0.3, -0.25) is 0 Å². The highest BCUT2D eigenvalue weighted by Gasteiger charge is 2.15. The van der Waals surface area contributed by atoms with E-state index in [-0.39, 0.29) is 5.41 Å². The van der Waals surface area contributed by atoms with Crippen LogP contribution < -0.4 is 0 Å². The van der Waals surface area contributed by atoms with Crippen LogP contribution in [0.3, 0.4) is 0 Å². The number of hydrogen-bond acceptors (Lipinski definition) is 0. The Morgan fingerprint density at radius 1 is 0.905 bits per heavy atom. The van der Waals surface area contributed by atoms with E-state index in [1.54, 1.807) is 0 Å². The fraction of sp³-hybridized carbons (Fsp3) is 0.238. The lowest BCUT2D eigenvalue weighted by Crippen LogP contribution is -2.10. The first kappa shape index (κ1) is 13.9. The molecular weight excluding hydrogens is 252 g/mol. The number of hydrogen-bond donors (Lipinski definition) is 0. The highest BCUT2D eigenvalue weighted by atomic mass is 14.2. The Bertz CT molecular complexity index is 816. The van der Waals surface area contributed by atoms with Gasteiger partial charge in [-0.2, -0.15) is 0 Å². The van der Waals surface area contributed by atoms with Gasteiger partial charge < -0.3 is 0 Å². The van der Waals surface area contributed by atoms with E-state index in [0.717, 1.165) is 6.42 Å². The first-order valence-corrected chi connectivity index (χ1v) is 7.56. The Labute approximate surface area is 127 Å². The summed E-state index contributed by atoms with van der Waals surface area (Å²) in [6.07, 6.45) is 2.91. The Hall–Kier alpha value is -2.08. The molecule has 0 amide bonds. The molecular formula is C21H22. The normalized spacial score (nSPS) is 12.0. The lowest BCUT2D eigenvalue weighted by molar-refractivity contribution is 0.591. The molecule has 0 aliphatic heterocycles. The van der Waals surface area contributed by atoms with Gasteiger partial charge in [0.2, 0.25) is 0 Å². The van der Waals surface area contributed by atoms with Crippen LogP contribution in [0.25, 0.3) is 21.5 Å². The predicted octanol–water partition coefficient (Wildman–Crippen LogP) is 6.02. The van der Waals surface area contributed by atoms with Crippen molar-refractivity contribution in [1.29, 1.82) is 0 Å². The number of rotatable bonds is 2. The molecule has 0 bridgehead atoms. The van der Waals surface area contributed by atoms with Gasteiger partial charge in [-0.15, -0.1) is 6.58 Å². The molecule has 0 fully saturated rings. The largest absolute Gasteiger partial charge is 0.103 e. The molecule has 0 N–H and O–H groups in total. The fourth-order valence-corrected chi connectivity index (χ4v) is 3.00. The zero-order chi connectivity index (χ0) is 15.0. The van der Waals surface area contributed by atoms with Crippen molar-refractivity contribution in [3.63, 3.8) is 0 Å². The smallest absolute Gasteiger partial charge is 0.00878 e. The number of benzene rings is 3. The van der Waals surface area contributed by atoms with E-state index in [0.29, 0.717) is 0 Å². The summed E-state index contributed by atoms with van der Waals surface area (Å²) in [6.45, 7) is 10.7. The van der Waals surface area contributed by atoms with E-state index in [9.17, 15) is 0 Å². The fourth-order valence-electron chi connectivity index (χ4n) is 3.00. The van der Waals surface area contributed by atoms with Gasteiger partial charge in [0.05, 0.1) is 0 Å². The first-order chi connectivity index (χ1) is 10.0. The highest BCUT2D eigenvalue weighted by Crippen LogP contribution is 2.32. The van der Waals surface area contributed by atoms with Gasteiger partial charge in [0.25, 0.3) is 0 Å². The molecule has 0 saturated carbocycles. The molecule has 0 nitrogen and oxygen atoms in total. The lowest BCUT2D eigenvalue weighted by Gasteiger charge is -2.20. The van der Waals surface area contributed by atoms with Gasteiger partial charge in [0, 0.05) is 0 Å². The highest BCUT2D eigenvalue weighted by molar-refractivity contribution is 6.02. The topological polar surface area (TPSA) is 0 Å². The molecule has 0 aliphatic carbocycles. The van der Waals surface area contributed by atoms with Gasteiger partial charge in [0.15, 0.2) is 0 Å². The Morgan fingerprint density at radius 3 is 2.33 bits per heavy atom. The van der Waals surface area contributed by atoms with E-state index in [1.807, 2.05) is 6.08 Å². The van der Waals surface area contributed by atoms with Crippen LogP contribution in [-0.4, -0.2) is 0 Å². The van der Waals surface area contributed by atoms with Crippen LogP contribution in [0.5, 0.6) is 0 Å². The van der Waals surface area contributed by atoms with E-state index in [4.69, 9.17) is 0 Å². The van der Waals surface area contributed by atoms with Crippen molar-refractivity contribution in [1.82, 2.24) is 0 Å². The quantitative estimate of drug-likeness (QED) is 0.396. The summed E-state index contributed by atoms with van der Waals surface area (Å²) in [6, 6.07) is 17.8. The van der Waals surface area contributed by atoms with Crippen LogP contribution in [0.4, 0.5) is 0 Å². The summed E-state index contributed by atoms with van der Waals surface area (Å²) in [5.41, 5.74) is 2.95. The molecule has 0 aromatic heterocycles. The minimum atomic E-state index is 0.179. The predicted molar refractivity (Wildman–Crippen MR) is 94.1 cm³/mol. The minimum absolute atomic E-state index is 0.179. The van der Waals surface area contributed by atoms with Crippen molar-refractivity contribution < 1.29 is 0 Å². The van der Waals surface area contributed by atoms with Gasteiger partial charge in [-0.1, -0.05) is 69.3 Å². The summed E-state index contributed by atoms with van der Waals surface area (Å²) in [7, 11) is 0. The average Bonchev–Trinajstić information content (AvgIpc) is 2.45. The number of allylic oxidation sites excluding steroid dienone is 1. The molecule has 3 aromatic carbocycles. The van der Waals surface area contributed by atoms with Crippen molar-refractivity contribution in [3.8, 4) is 0 Å². The summed E-state index contributed by atoms with van der Waals surface area (Å²) in [5, 5.41) is 5.33. The summed E-state index contributed by atoms with van der Waals surface area (Å²) in [5.74, 6) is 0. The molecule has 0 heteroatoms. The summed E-state index contributed by atoms with van der Waals surface area (Å²) < 4.78 is 0. The van der Waals surface area contributed by atoms with E-state index in [1.165, 1.54) is 32.7 Å². The third kappa shape index (κ3) is 2.47. The van der Waals surface area contributed by atoms with Crippen LogP contribution in [0.2, 0.25) is 0 Å². The second kappa shape index (κ2) is 5.04. The zero-order valence-electron chi connectivity index (χ0n) is 13.1. The van der Waals surface area contributed by atoms with E-state index in [2.05, 4.69) is 75.9 Å². The van der Waals surface area contributed by atoms with Crippen LogP contribution >= 0.6 is 0 Å². The molecule has 0 atom stereocenters. The molecule has 3 aromatic rings. The Morgan fingerprint density at radius 2 is 1.62 bits per heavy atom. The van der Waals surface area contributed by atoms with Crippen molar-refractivity contribution in [3.05, 3.63) is 72.3 Å². The molecule has 0 saturated heterocycles. The zero-order valence-corrected chi connectivity index (χ0v) is 13.1. The Kier molecular flexibility index (Phi) is 3.33. The van der Waals surface area contributed by atoms with Gasteiger partial charge in [0.1, 0.15) is 0 Å². The van der Waals surface area contributed by atoms with Crippen molar-refractivity contribution in [2.75, 3.05) is 0 Å². The monoisotopic (exact) mass is 274 g/mol. The standard InChI is InChI=1S/C21H22/c1-5-8-20-18-10-7-6-9-15(18)13-16-14-17(21(2,3)4)11-12-19(16)20/h5-7,9-14H,1,8H2,2-4H3. The molecule has 0 unspecified atom stereocenters. The molecule has 0 spiro atoms. The lowest BCUT2D eigenvalue weighted by atomic mass is 9.84. The molecule has 0 heterocycles. The van der Waals surface area contributed by atoms with Crippen LogP contribution in [0.1, 0.15) is 31.9 Å². The van der Waals surface area contributed by atoms with Crippen molar-refractivity contribution in [2.24, 2.45) is 0 Å². The second-order valence-electron chi connectivity index (χ2n) is 6.75. The third-order valence-corrected chi connectivity index (χ3v) is 4.19. The van der Waals surface area contributed by atoms with Crippen LogP contribution in [0, 0.1) is 0 Å². The van der Waals surface area contributed by atoms with E-state index >= 15 is 0 Å². The van der Waals surface area contributed by atoms with Gasteiger partial charge in [-0.25, -0.2) is 0 Å². The SMILES string of the molecule is C=CCc1c2ccccc2cc2cc(C(C)(C)C)ccc12. The summed E-state index contributed by atoms with van der Waals surface area (Å²) >= 11 is 0.